The number of aryl methyl sites for hydroxylation is 1. The summed E-state index contributed by atoms with van der Waals surface area (Å²) in [6, 6.07) is 15.3. The van der Waals surface area contributed by atoms with Gasteiger partial charge in [-0.1, -0.05) is 36.8 Å². The van der Waals surface area contributed by atoms with Gasteiger partial charge in [0.15, 0.2) is 0 Å². The highest BCUT2D eigenvalue weighted by Gasteiger charge is 2.30. The van der Waals surface area contributed by atoms with Crippen molar-refractivity contribution >= 4 is 0 Å². The standard InChI is InChI=1S/C24H27N3O2/c1-18-16-21(28)22(24(29)27(18)17-19-8-4-2-5-9-19)23(20-10-12-25-13-11-20)26-14-6-3-7-15-26/h2,4-5,8-13,16,23,28H,3,6-7,14-15,17H2,1H3/t23-/m1/s1. The smallest absolute Gasteiger partial charge is 0.259 e. The third-order valence-electron chi connectivity index (χ3n) is 5.76. The molecule has 0 amide bonds. The lowest BCUT2D eigenvalue weighted by molar-refractivity contribution is 0.183. The molecule has 1 saturated heterocycles. The summed E-state index contributed by atoms with van der Waals surface area (Å²) in [5, 5.41) is 10.9. The molecule has 4 rings (SSSR count). The van der Waals surface area contributed by atoms with Crippen molar-refractivity contribution in [2.24, 2.45) is 0 Å². The number of aromatic nitrogens is 2. The summed E-state index contributed by atoms with van der Waals surface area (Å²) in [6.45, 7) is 4.19. The Labute approximate surface area is 171 Å². The van der Waals surface area contributed by atoms with Crippen molar-refractivity contribution in [3.63, 3.8) is 0 Å². The largest absolute Gasteiger partial charge is 0.507 e. The number of rotatable bonds is 5. The number of pyridine rings is 2. The van der Waals surface area contributed by atoms with E-state index in [0.717, 1.165) is 42.8 Å². The first-order valence-corrected chi connectivity index (χ1v) is 10.3. The van der Waals surface area contributed by atoms with E-state index in [9.17, 15) is 9.90 Å². The molecule has 3 aromatic rings. The van der Waals surface area contributed by atoms with Gasteiger partial charge < -0.3 is 9.67 Å². The van der Waals surface area contributed by atoms with Crippen LogP contribution in [0.1, 0.15) is 47.7 Å². The predicted octanol–water partition coefficient (Wildman–Crippen LogP) is 3.88. The molecule has 0 saturated carbocycles. The number of likely N-dealkylation sites (tertiary alicyclic amines) is 1. The van der Waals surface area contributed by atoms with Crippen LogP contribution in [0.25, 0.3) is 0 Å². The van der Waals surface area contributed by atoms with Crippen molar-refractivity contribution in [1.82, 2.24) is 14.5 Å². The lowest BCUT2D eigenvalue weighted by Gasteiger charge is -2.35. The lowest BCUT2D eigenvalue weighted by Crippen LogP contribution is -2.38. The number of hydrogen-bond acceptors (Lipinski definition) is 4. The predicted molar refractivity (Wildman–Crippen MR) is 114 cm³/mol. The molecule has 1 fully saturated rings. The Balaban J connectivity index is 1.84. The van der Waals surface area contributed by atoms with Gasteiger partial charge in [0.1, 0.15) is 5.75 Å². The van der Waals surface area contributed by atoms with Gasteiger partial charge in [-0.3, -0.25) is 14.7 Å². The second-order valence-electron chi connectivity index (χ2n) is 7.74. The Hall–Kier alpha value is -2.92. The van der Waals surface area contributed by atoms with Crippen LogP contribution in [0, 0.1) is 6.92 Å². The van der Waals surface area contributed by atoms with E-state index < -0.39 is 0 Å². The van der Waals surface area contributed by atoms with Gasteiger partial charge in [-0.15, -0.1) is 0 Å². The van der Waals surface area contributed by atoms with E-state index in [1.54, 1.807) is 23.0 Å². The van der Waals surface area contributed by atoms with Crippen LogP contribution in [-0.2, 0) is 6.54 Å². The maximum atomic E-state index is 13.6. The molecule has 150 valence electrons. The number of aromatic hydroxyl groups is 1. The zero-order chi connectivity index (χ0) is 20.2. The molecule has 5 nitrogen and oxygen atoms in total. The van der Waals surface area contributed by atoms with Crippen molar-refractivity contribution in [2.45, 2.75) is 38.8 Å². The minimum atomic E-state index is -0.270. The molecule has 0 spiro atoms. The zero-order valence-corrected chi connectivity index (χ0v) is 16.8. The Morgan fingerprint density at radius 2 is 1.72 bits per heavy atom. The molecule has 29 heavy (non-hydrogen) atoms. The molecule has 0 radical (unpaired) electrons. The van der Waals surface area contributed by atoms with Crippen molar-refractivity contribution in [3.05, 3.63) is 93.7 Å². The first kappa shape index (κ1) is 19.4. The fourth-order valence-corrected chi connectivity index (χ4v) is 4.27. The fraction of sp³-hybridized carbons (Fsp3) is 0.333. The van der Waals surface area contributed by atoms with Gasteiger partial charge in [-0.05, 0) is 62.2 Å². The molecule has 1 atom stereocenters. The Kier molecular flexibility index (Phi) is 5.76. The lowest BCUT2D eigenvalue weighted by atomic mass is 9.95. The SMILES string of the molecule is Cc1cc(O)c([C@@H](c2ccncc2)N2CCCCC2)c(=O)n1Cc1ccccc1. The Bertz CT molecular complexity index is 1010. The van der Waals surface area contributed by atoms with Gasteiger partial charge in [0.2, 0.25) is 0 Å². The van der Waals surface area contributed by atoms with Gasteiger partial charge >= 0.3 is 0 Å². The maximum Gasteiger partial charge on any atom is 0.259 e. The van der Waals surface area contributed by atoms with Crippen LogP contribution in [0.4, 0.5) is 0 Å². The Morgan fingerprint density at radius 3 is 2.41 bits per heavy atom. The third-order valence-corrected chi connectivity index (χ3v) is 5.76. The molecular formula is C24H27N3O2. The van der Waals surface area contributed by atoms with Crippen LogP contribution >= 0.6 is 0 Å². The van der Waals surface area contributed by atoms with E-state index in [0.29, 0.717) is 12.1 Å². The van der Waals surface area contributed by atoms with Gasteiger partial charge in [-0.2, -0.15) is 0 Å². The molecule has 5 heteroatoms. The minimum absolute atomic E-state index is 0.0733. The summed E-state index contributed by atoms with van der Waals surface area (Å²) in [4.78, 5) is 20.1. The molecule has 1 aliphatic heterocycles. The van der Waals surface area contributed by atoms with Gasteiger partial charge in [0, 0.05) is 18.1 Å². The highest BCUT2D eigenvalue weighted by atomic mass is 16.3. The topological polar surface area (TPSA) is 58.4 Å². The summed E-state index contributed by atoms with van der Waals surface area (Å²) in [7, 11) is 0. The van der Waals surface area contributed by atoms with Crippen molar-refractivity contribution in [2.75, 3.05) is 13.1 Å². The van der Waals surface area contributed by atoms with E-state index in [-0.39, 0.29) is 17.4 Å². The molecule has 1 aliphatic rings. The molecule has 1 N–H and O–H groups in total. The zero-order valence-electron chi connectivity index (χ0n) is 16.8. The first-order chi connectivity index (χ1) is 14.1. The average molecular weight is 389 g/mol. The molecule has 2 aromatic heterocycles. The van der Waals surface area contributed by atoms with E-state index >= 15 is 0 Å². The monoisotopic (exact) mass is 389 g/mol. The third kappa shape index (κ3) is 4.10. The van der Waals surface area contributed by atoms with Crippen LogP contribution in [-0.4, -0.2) is 32.6 Å². The molecule has 1 aromatic carbocycles. The van der Waals surface area contributed by atoms with E-state index in [1.165, 1.54) is 6.42 Å². The van der Waals surface area contributed by atoms with Crippen LogP contribution < -0.4 is 5.56 Å². The highest BCUT2D eigenvalue weighted by molar-refractivity contribution is 5.41. The normalized spacial score (nSPS) is 15.9. The van der Waals surface area contributed by atoms with E-state index in [2.05, 4.69) is 9.88 Å². The molecular weight excluding hydrogens is 362 g/mol. The number of piperidine rings is 1. The quantitative estimate of drug-likeness (QED) is 0.719. The summed E-state index contributed by atoms with van der Waals surface area (Å²) >= 11 is 0. The number of hydrogen-bond donors (Lipinski definition) is 1. The van der Waals surface area contributed by atoms with Crippen molar-refractivity contribution in [3.8, 4) is 5.75 Å². The fourth-order valence-electron chi connectivity index (χ4n) is 4.27. The molecule has 3 heterocycles. The molecule has 0 bridgehead atoms. The van der Waals surface area contributed by atoms with Gasteiger partial charge in [0.05, 0.1) is 18.2 Å². The maximum absolute atomic E-state index is 13.6. The summed E-state index contributed by atoms with van der Waals surface area (Å²) in [5.41, 5.74) is 3.14. The minimum Gasteiger partial charge on any atom is -0.507 e. The number of benzene rings is 1. The van der Waals surface area contributed by atoms with Crippen LogP contribution in [0.5, 0.6) is 5.75 Å². The van der Waals surface area contributed by atoms with Crippen molar-refractivity contribution in [1.29, 1.82) is 0 Å². The van der Waals surface area contributed by atoms with Crippen molar-refractivity contribution < 1.29 is 5.11 Å². The molecule has 0 aliphatic carbocycles. The summed E-state index contributed by atoms with van der Waals surface area (Å²) < 4.78 is 1.77. The van der Waals surface area contributed by atoms with E-state index in [1.807, 2.05) is 49.4 Å². The van der Waals surface area contributed by atoms with Crippen LogP contribution in [0.2, 0.25) is 0 Å². The van der Waals surface area contributed by atoms with E-state index in [4.69, 9.17) is 0 Å². The van der Waals surface area contributed by atoms with Crippen LogP contribution in [0.15, 0.2) is 65.7 Å². The number of nitrogens with zero attached hydrogens (tertiary/aromatic N) is 3. The van der Waals surface area contributed by atoms with Gasteiger partial charge in [0.25, 0.3) is 5.56 Å². The van der Waals surface area contributed by atoms with Crippen LogP contribution in [0.3, 0.4) is 0 Å². The Morgan fingerprint density at radius 1 is 1.03 bits per heavy atom. The second-order valence-corrected chi connectivity index (χ2v) is 7.74. The first-order valence-electron chi connectivity index (χ1n) is 10.3. The average Bonchev–Trinajstić information content (AvgIpc) is 2.76. The summed E-state index contributed by atoms with van der Waals surface area (Å²) in [6.07, 6.45) is 6.91. The molecule has 0 unspecified atom stereocenters. The summed E-state index contributed by atoms with van der Waals surface area (Å²) in [5.74, 6) is 0.0733. The highest BCUT2D eigenvalue weighted by Crippen LogP contribution is 2.34. The second kappa shape index (κ2) is 8.62. The van der Waals surface area contributed by atoms with Gasteiger partial charge in [-0.25, -0.2) is 0 Å².